The first kappa shape index (κ1) is 16.0. The molecule has 2 aliphatic heterocycles. The van der Waals surface area contributed by atoms with E-state index in [1.54, 1.807) is 15.1 Å². The maximum Gasteiger partial charge on any atom is 0.244 e. The standard InChI is InChI=1S/C16H23N5O2S/c1-11-9-20-6-4-5-13(20)10-21(11)24(22,23)14-7-15-12(2)18-19(3)16(15)17-8-14/h7-8,11,13H,4-6,9-10H2,1-3H3/t11-,13+/m1/s1. The fraction of sp³-hybridized carbons (Fsp3) is 0.625. The Labute approximate surface area is 142 Å². The Kier molecular flexibility index (Phi) is 3.67. The van der Waals surface area contributed by atoms with Gasteiger partial charge in [0.15, 0.2) is 5.65 Å². The van der Waals surface area contributed by atoms with Gasteiger partial charge in [0.05, 0.1) is 5.69 Å². The molecular formula is C16H23N5O2S. The number of nitrogens with zero attached hydrogens (tertiary/aromatic N) is 5. The fourth-order valence-corrected chi connectivity index (χ4v) is 5.69. The zero-order chi connectivity index (χ0) is 17.1. The second-order valence-corrected chi connectivity index (χ2v) is 8.86. The van der Waals surface area contributed by atoms with Gasteiger partial charge in [-0.15, -0.1) is 0 Å². The van der Waals surface area contributed by atoms with Crippen molar-refractivity contribution in [3.05, 3.63) is 18.0 Å². The minimum Gasteiger partial charge on any atom is -0.297 e. The molecule has 4 heterocycles. The Bertz CT molecular complexity index is 891. The van der Waals surface area contributed by atoms with Gasteiger partial charge in [0, 0.05) is 43.8 Å². The van der Waals surface area contributed by atoms with E-state index >= 15 is 0 Å². The molecule has 2 aromatic rings. The first-order chi connectivity index (χ1) is 11.4. The van der Waals surface area contributed by atoms with Crippen LogP contribution < -0.4 is 0 Å². The Morgan fingerprint density at radius 1 is 1.29 bits per heavy atom. The van der Waals surface area contributed by atoms with Crippen molar-refractivity contribution in [2.24, 2.45) is 7.05 Å². The summed E-state index contributed by atoms with van der Waals surface area (Å²) in [5.74, 6) is 0. The highest BCUT2D eigenvalue weighted by molar-refractivity contribution is 7.89. The van der Waals surface area contributed by atoms with Crippen LogP contribution in [0.3, 0.4) is 0 Å². The van der Waals surface area contributed by atoms with E-state index in [1.165, 1.54) is 6.20 Å². The lowest BCUT2D eigenvalue weighted by Crippen LogP contribution is -2.56. The van der Waals surface area contributed by atoms with Crippen LogP contribution in [-0.2, 0) is 17.1 Å². The molecule has 0 N–H and O–H groups in total. The molecule has 2 aromatic heterocycles. The summed E-state index contributed by atoms with van der Waals surface area (Å²) < 4.78 is 29.7. The van der Waals surface area contributed by atoms with Gasteiger partial charge in [-0.2, -0.15) is 9.40 Å². The Morgan fingerprint density at radius 3 is 2.88 bits per heavy atom. The molecule has 8 heteroatoms. The van der Waals surface area contributed by atoms with Gasteiger partial charge in [-0.1, -0.05) is 0 Å². The largest absolute Gasteiger partial charge is 0.297 e. The van der Waals surface area contributed by atoms with Crippen LogP contribution in [0.15, 0.2) is 17.2 Å². The molecule has 4 rings (SSSR count). The van der Waals surface area contributed by atoms with Crippen LogP contribution in [-0.4, -0.2) is 64.1 Å². The number of aryl methyl sites for hydroxylation is 2. The maximum absolute atomic E-state index is 13.2. The quantitative estimate of drug-likeness (QED) is 0.813. The molecule has 0 aliphatic carbocycles. The van der Waals surface area contributed by atoms with Crippen molar-refractivity contribution in [3.63, 3.8) is 0 Å². The Morgan fingerprint density at radius 2 is 2.08 bits per heavy atom. The van der Waals surface area contributed by atoms with Crippen molar-refractivity contribution in [1.82, 2.24) is 24.0 Å². The average Bonchev–Trinajstić information content (AvgIpc) is 3.10. The van der Waals surface area contributed by atoms with E-state index in [9.17, 15) is 8.42 Å². The minimum absolute atomic E-state index is 0.0185. The highest BCUT2D eigenvalue weighted by Crippen LogP contribution is 2.30. The van der Waals surface area contributed by atoms with Gasteiger partial charge in [0.1, 0.15) is 4.90 Å². The lowest BCUT2D eigenvalue weighted by Gasteiger charge is -2.41. The van der Waals surface area contributed by atoms with E-state index in [0.29, 0.717) is 18.2 Å². The molecule has 2 saturated heterocycles. The van der Waals surface area contributed by atoms with E-state index < -0.39 is 10.0 Å². The highest BCUT2D eigenvalue weighted by atomic mass is 32.2. The topological polar surface area (TPSA) is 71.3 Å². The summed E-state index contributed by atoms with van der Waals surface area (Å²) >= 11 is 0. The molecule has 0 bridgehead atoms. The molecule has 0 spiro atoms. The summed E-state index contributed by atoms with van der Waals surface area (Å²) in [5.41, 5.74) is 1.51. The zero-order valence-corrected chi connectivity index (χ0v) is 15.1. The fourth-order valence-electron chi connectivity index (χ4n) is 4.06. The maximum atomic E-state index is 13.2. The van der Waals surface area contributed by atoms with E-state index in [0.717, 1.165) is 37.0 Å². The van der Waals surface area contributed by atoms with Crippen molar-refractivity contribution in [3.8, 4) is 0 Å². The van der Waals surface area contributed by atoms with Gasteiger partial charge in [-0.25, -0.2) is 13.4 Å². The minimum atomic E-state index is -3.54. The number of rotatable bonds is 2. The SMILES string of the molecule is Cc1nn(C)c2ncc(S(=O)(=O)N3C[C@@H]4CCCN4C[C@H]3C)cc12. The zero-order valence-electron chi connectivity index (χ0n) is 14.3. The molecule has 24 heavy (non-hydrogen) atoms. The van der Waals surface area contributed by atoms with Gasteiger partial charge in [0.25, 0.3) is 0 Å². The Hall–Kier alpha value is -1.51. The average molecular weight is 349 g/mol. The van der Waals surface area contributed by atoms with Crippen LogP contribution >= 0.6 is 0 Å². The normalized spacial score (nSPS) is 26.1. The third kappa shape index (κ3) is 2.35. The summed E-state index contributed by atoms with van der Waals surface area (Å²) in [5, 5.41) is 5.12. The molecule has 0 saturated carbocycles. The van der Waals surface area contributed by atoms with Crippen molar-refractivity contribution in [2.45, 2.75) is 43.7 Å². The molecule has 0 radical (unpaired) electrons. The highest BCUT2D eigenvalue weighted by Gasteiger charge is 2.40. The molecule has 2 atom stereocenters. The van der Waals surface area contributed by atoms with E-state index in [-0.39, 0.29) is 10.9 Å². The number of hydrogen-bond acceptors (Lipinski definition) is 5. The Balaban J connectivity index is 1.73. The van der Waals surface area contributed by atoms with Crippen LogP contribution in [0.25, 0.3) is 11.0 Å². The van der Waals surface area contributed by atoms with E-state index in [1.807, 2.05) is 20.9 Å². The van der Waals surface area contributed by atoms with Crippen LogP contribution in [0, 0.1) is 6.92 Å². The van der Waals surface area contributed by atoms with Crippen molar-refractivity contribution in [1.29, 1.82) is 0 Å². The summed E-state index contributed by atoms with van der Waals surface area (Å²) in [6.45, 7) is 6.35. The lowest BCUT2D eigenvalue weighted by atomic mass is 10.1. The van der Waals surface area contributed by atoms with E-state index in [2.05, 4.69) is 15.0 Å². The molecule has 2 fully saturated rings. The first-order valence-electron chi connectivity index (χ1n) is 8.43. The summed E-state index contributed by atoms with van der Waals surface area (Å²) in [6.07, 6.45) is 3.71. The van der Waals surface area contributed by atoms with Crippen molar-refractivity contribution < 1.29 is 8.42 Å². The van der Waals surface area contributed by atoms with Gasteiger partial charge < -0.3 is 0 Å². The smallest absolute Gasteiger partial charge is 0.244 e. The number of fused-ring (bicyclic) bond motifs is 2. The summed E-state index contributed by atoms with van der Waals surface area (Å²) in [6, 6.07) is 2.05. The monoisotopic (exact) mass is 349 g/mol. The second-order valence-electron chi connectivity index (χ2n) is 6.97. The van der Waals surface area contributed by atoms with Crippen LogP contribution in [0.2, 0.25) is 0 Å². The summed E-state index contributed by atoms with van der Waals surface area (Å²) in [7, 11) is -1.72. The number of piperazine rings is 1. The van der Waals surface area contributed by atoms with E-state index in [4.69, 9.17) is 0 Å². The third-order valence-electron chi connectivity index (χ3n) is 5.32. The molecule has 0 amide bonds. The molecule has 7 nitrogen and oxygen atoms in total. The van der Waals surface area contributed by atoms with Gasteiger partial charge in [-0.05, 0) is 39.3 Å². The summed E-state index contributed by atoms with van der Waals surface area (Å²) in [4.78, 5) is 7.03. The van der Waals surface area contributed by atoms with Crippen LogP contribution in [0.5, 0.6) is 0 Å². The van der Waals surface area contributed by atoms with Gasteiger partial charge >= 0.3 is 0 Å². The van der Waals surface area contributed by atoms with Gasteiger partial charge in [-0.3, -0.25) is 9.58 Å². The molecule has 2 aliphatic rings. The number of aromatic nitrogens is 3. The predicted octanol–water partition coefficient (Wildman–Crippen LogP) is 1.13. The second kappa shape index (κ2) is 5.50. The molecule has 0 aromatic carbocycles. The van der Waals surface area contributed by atoms with Crippen LogP contribution in [0.4, 0.5) is 0 Å². The molecule has 0 unspecified atom stereocenters. The number of sulfonamides is 1. The number of hydrogen-bond donors (Lipinski definition) is 0. The van der Waals surface area contributed by atoms with Crippen molar-refractivity contribution in [2.75, 3.05) is 19.6 Å². The molecular weight excluding hydrogens is 326 g/mol. The van der Waals surface area contributed by atoms with Gasteiger partial charge in [0.2, 0.25) is 10.0 Å². The molecule has 130 valence electrons. The van der Waals surface area contributed by atoms with Crippen molar-refractivity contribution >= 4 is 21.1 Å². The predicted molar refractivity (Wildman–Crippen MR) is 91.2 cm³/mol. The van der Waals surface area contributed by atoms with Crippen LogP contribution in [0.1, 0.15) is 25.5 Å². The third-order valence-corrected chi connectivity index (χ3v) is 7.27. The first-order valence-corrected chi connectivity index (χ1v) is 9.87. The number of pyridine rings is 1. The lowest BCUT2D eigenvalue weighted by molar-refractivity contribution is 0.117.